The van der Waals surface area contributed by atoms with Crippen molar-refractivity contribution in [3.8, 4) is 0 Å². The fourth-order valence-corrected chi connectivity index (χ4v) is 3.66. The van der Waals surface area contributed by atoms with E-state index in [0.29, 0.717) is 18.0 Å². The van der Waals surface area contributed by atoms with E-state index in [0.717, 1.165) is 12.0 Å². The van der Waals surface area contributed by atoms with Gasteiger partial charge in [0.2, 0.25) is 5.91 Å². The zero-order valence-electron chi connectivity index (χ0n) is 11.8. The predicted octanol–water partition coefficient (Wildman–Crippen LogP) is 2.77. The number of benzene rings is 1. The number of likely N-dealkylation sites (tertiary alicyclic amines) is 1. The molecule has 2 fully saturated rings. The molecule has 21 heavy (non-hydrogen) atoms. The Labute approximate surface area is 128 Å². The number of hydrogen-bond donors (Lipinski definition) is 1. The molecular formula is C16H18ClNO3. The summed E-state index contributed by atoms with van der Waals surface area (Å²) in [5.41, 5.74) is 1.03. The molecule has 1 amide bonds. The SMILES string of the molecule is CC1C(C(=O)O)CCN1C(=O)C1CC1c1ccccc1Cl. The van der Waals surface area contributed by atoms with Gasteiger partial charge in [-0.3, -0.25) is 9.59 Å². The van der Waals surface area contributed by atoms with E-state index in [2.05, 4.69) is 0 Å². The Morgan fingerprint density at radius 2 is 2.00 bits per heavy atom. The number of carbonyl (C=O) groups is 2. The van der Waals surface area contributed by atoms with Gasteiger partial charge in [-0.2, -0.15) is 0 Å². The van der Waals surface area contributed by atoms with Crippen LogP contribution in [0.2, 0.25) is 5.02 Å². The second-order valence-corrected chi connectivity index (χ2v) is 6.38. The Hall–Kier alpha value is -1.55. The van der Waals surface area contributed by atoms with Crippen molar-refractivity contribution in [1.29, 1.82) is 0 Å². The third-order valence-electron chi connectivity index (χ3n) is 4.77. The largest absolute Gasteiger partial charge is 0.481 e. The fraction of sp³-hybridized carbons (Fsp3) is 0.500. The summed E-state index contributed by atoms with van der Waals surface area (Å²) in [4.78, 5) is 25.4. The maximum absolute atomic E-state index is 12.6. The molecule has 0 spiro atoms. The number of halogens is 1. The number of hydrogen-bond acceptors (Lipinski definition) is 2. The van der Waals surface area contributed by atoms with Crippen LogP contribution in [0.4, 0.5) is 0 Å². The van der Waals surface area contributed by atoms with Gasteiger partial charge in [0, 0.05) is 23.5 Å². The second kappa shape index (κ2) is 5.34. The van der Waals surface area contributed by atoms with Crippen molar-refractivity contribution in [3.63, 3.8) is 0 Å². The van der Waals surface area contributed by atoms with Crippen LogP contribution in [0.3, 0.4) is 0 Å². The van der Waals surface area contributed by atoms with Crippen LogP contribution >= 0.6 is 11.6 Å². The summed E-state index contributed by atoms with van der Waals surface area (Å²) in [6, 6.07) is 7.40. The summed E-state index contributed by atoms with van der Waals surface area (Å²) in [5, 5.41) is 9.85. The molecule has 1 saturated carbocycles. The monoisotopic (exact) mass is 307 g/mol. The topological polar surface area (TPSA) is 57.6 Å². The molecule has 2 aliphatic rings. The zero-order chi connectivity index (χ0) is 15.1. The standard InChI is InChI=1S/C16H18ClNO3/c1-9-10(16(20)21)6-7-18(9)15(19)13-8-12(13)11-4-2-3-5-14(11)17/h2-5,9-10,12-13H,6-8H2,1H3,(H,20,21). The van der Waals surface area contributed by atoms with Crippen molar-refractivity contribution < 1.29 is 14.7 Å². The van der Waals surface area contributed by atoms with Crippen LogP contribution in [-0.4, -0.2) is 34.5 Å². The van der Waals surface area contributed by atoms with Crippen LogP contribution in [0.5, 0.6) is 0 Å². The average Bonchev–Trinajstić information content (AvgIpc) is 3.14. The first-order valence-electron chi connectivity index (χ1n) is 7.28. The molecule has 1 heterocycles. The van der Waals surface area contributed by atoms with Gasteiger partial charge in [0.05, 0.1) is 5.92 Å². The van der Waals surface area contributed by atoms with E-state index in [-0.39, 0.29) is 23.8 Å². The van der Waals surface area contributed by atoms with E-state index in [4.69, 9.17) is 16.7 Å². The van der Waals surface area contributed by atoms with Crippen LogP contribution in [0.25, 0.3) is 0 Å². The maximum atomic E-state index is 12.6. The Bertz CT molecular complexity index is 589. The lowest BCUT2D eigenvalue weighted by Gasteiger charge is -2.23. The summed E-state index contributed by atoms with van der Waals surface area (Å²) in [6.07, 6.45) is 1.36. The molecule has 5 heteroatoms. The van der Waals surface area contributed by atoms with Gasteiger partial charge >= 0.3 is 5.97 Å². The van der Waals surface area contributed by atoms with Gasteiger partial charge in [-0.05, 0) is 37.3 Å². The first-order chi connectivity index (χ1) is 10.0. The number of amides is 1. The Balaban J connectivity index is 1.69. The minimum Gasteiger partial charge on any atom is -0.481 e. The highest BCUT2D eigenvalue weighted by atomic mass is 35.5. The molecule has 1 aliphatic heterocycles. The lowest BCUT2D eigenvalue weighted by molar-refractivity contribution is -0.143. The van der Waals surface area contributed by atoms with Gasteiger partial charge < -0.3 is 10.0 Å². The van der Waals surface area contributed by atoms with Gasteiger partial charge in [-0.15, -0.1) is 0 Å². The van der Waals surface area contributed by atoms with E-state index < -0.39 is 11.9 Å². The van der Waals surface area contributed by atoms with Crippen LogP contribution in [0.15, 0.2) is 24.3 Å². The molecule has 1 aromatic rings. The predicted molar refractivity (Wildman–Crippen MR) is 79.2 cm³/mol. The summed E-state index contributed by atoms with van der Waals surface area (Å²) >= 11 is 6.18. The zero-order valence-corrected chi connectivity index (χ0v) is 12.6. The molecule has 0 radical (unpaired) electrons. The quantitative estimate of drug-likeness (QED) is 0.934. The minimum atomic E-state index is -0.809. The van der Waals surface area contributed by atoms with Gasteiger partial charge in [0.25, 0.3) is 0 Å². The minimum absolute atomic E-state index is 0.0418. The molecule has 1 saturated heterocycles. The highest BCUT2D eigenvalue weighted by Crippen LogP contribution is 2.51. The van der Waals surface area contributed by atoms with E-state index in [1.54, 1.807) is 4.90 Å². The molecule has 4 nitrogen and oxygen atoms in total. The molecule has 1 aromatic carbocycles. The number of nitrogens with zero attached hydrogens (tertiary/aromatic N) is 1. The molecule has 4 atom stereocenters. The number of carboxylic acids is 1. The van der Waals surface area contributed by atoms with Gasteiger partial charge in [0.1, 0.15) is 0 Å². The van der Waals surface area contributed by atoms with Crippen LogP contribution in [-0.2, 0) is 9.59 Å². The molecule has 1 N–H and O–H groups in total. The first kappa shape index (κ1) is 14.4. The molecule has 3 rings (SSSR count). The van der Waals surface area contributed by atoms with E-state index in [1.165, 1.54) is 0 Å². The summed E-state index contributed by atoms with van der Waals surface area (Å²) in [6.45, 7) is 2.37. The lowest BCUT2D eigenvalue weighted by atomic mass is 10.0. The number of carbonyl (C=O) groups excluding carboxylic acids is 1. The van der Waals surface area contributed by atoms with Crippen molar-refractivity contribution in [2.45, 2.75) is 31.7 Å². The highest BCUT2D eigenvalue weighted by molar-refractivity contribution is 6.31. The number of carboxylic acid groups (broad SMARTS) is 1. The van der Waals surface area contributed by atoms with Crippen molar-refractivity contribution in [1.82, 2.24) is 4.90 Å². The maximum Gasteiger partial charge on any atom is 0.308 e. The van der Waals surface area contributed by atoms with Crippen LogP contribution in [0, 0.1) is 11.8 Å². The fourth-order valence-electron chi connectivity index (χ4n) is 3.38. The third-order valence-corrected chi connectivity index (χ3v) is 5.11. The summed E-state index contributed by atoms with van der Waals surface area (Å²) in [7, 11) is 0. The van der Waals surface area contributed by atoms with E-state index >= 15 is 0 Å². The van der Waals surface area contributed by atoms with Crippen molar-refractivity contribution >= 4 is 23.5 Å². The lowest BCUT2D eigenvalue weighted by Crippen LogP contribution is -2.38. The molecule has 1 aliphatic carbocycles. The van der Waals surface area contributed by atoms with E-state index in [9.17, 15) is 9.59 Å². The van der Waals surface area contributed by atoms with Gasteiger partial charge in [-0.1, -0.05) is 29.8 Å². The molecule has 0 aromatic heterocycles. The number of aliphatic carboxylic acids is 1. The van der Waals surface area contributed by atoms with Gasteiger partial charge in [0.15, 0.2) is 0 Å². The molecule has 4 unspecified atom stereocenters. The average molecular weight is 308 g/mol. The summed E-state index contributed by atoms with van der Waals surface area (Å²) < 4.78 is 0. The van der Waals surface area contributed by atoms with Crippen molar-refractivity contribution in [2.24, 2.45) is 11.8 Å². The molecular weight excluding hydrogens is 290 g/mol. The Kier molecular flexibility index (Phi) is 3.66. The first-order valence-corrected chi connectivity index (χ1v) is 7.66. The van der Waals surface area contributed by atoms with Gasteiger partial charge in [-0.25, -0.2) is 0 Å². The van der Waals surface area contributed by atoms with E-state index in [1.807, 2.05) is 31.2 Å². The third kappa shape index (κ3) is 2.53. The number of rotatable bonds is 3. The summed E-state index contributed by atoms with van der Waals surface area (Å²) in [5.74, 6) is -1.03. The van der Waals surface area contributed by atoms with Crippen LogP contribution < -0.4 is 0 Å². The smallest absolute Gasteiger partial charge is 0.308 e. The van der Waals surface area contributed by atoms with Crippen molar-refractivity contribution in [3.05, 3.63) is 34.9 Å². The Morgan fingerprint density at radius 3 is 2.62 bits per heavy atom. The highest BCUT2D eigenvalue weighted by Gasteiger charge is 2.49. The normalized spacial score (nSPS) is 31.2. The van der Waals surface area contributed by atoms with Crippen LogP contribution in [0.1, 0.15) is 31.2 Å². The van der Waals surface area contributed by atoms with Crippen molar-refractivity contribution in [2.75, 3.05) is 6.54 Å². The molecule has 112 valence electrons. The molecule has 0 bridgehead atoms. The Morgan fingerprint density at radius 1 is 1.29 bits per heavy atom. The second-order valence-electron chi connectivity index (χ2n) is 5.98.